The molecular weight excluding hydrogens is 230 g/mol. The highest BCUT2D eigenvalue weighted by atomic mass is 16.4. The van der Waals surface area contributed by atoms with Crippen LogP contribution in [0, 0.1) is 17.3 Å². The van der Waals surface area contributed by atoms with Gasteiger partial charge in [-0.15, -0.1) is 0 Å². The summed E-state index contributed by atoms with van der Waals surface area (Å²) in [6.45, 7) is 5.81. The molecule has 1 saturated heterocycles. The minimum absolute atomic E-state index is 0.0253. The van der Waals surface area contributed by atoms with Crippen molar-refractivity contribution in [2.75, 3.05) is 13.1 Å². The molecule has 0 radical (unpaired) electrons. The van der Waals surface area contributed by atoms with Crippen LogP contribution >= 0.6 is 0 Å². The molecule has 2 atom stereocenters. The zero-order valence-corrected chi connectivity index (χ0v) is 11.1. The fourth-order valence-electron chi connectivity index (χ4n) is 2.90. The van der Waals surface area contributed by atoms with Crippen molar-refractivity contribution in [3.05, 3.63) is 12.2 Å². The first-order valence-electron chi connectivity index (χ1n) is 6.57. The number of allylic oxidation sites excluding steroid dienone is 2. The van der Waals surface area contributed by atoms with E-state index in [0.717, 1.165) is 19.5 Å². The topological polar surface area (TPSA) is 57.6 Å². The van der Waals surface area contributed by atoms with Crippen LogP contribution in [0.2, 0.25) is 0 Å². The third-order valence-corrected chi connectivity index (χ3v) is 4.06. The smallest absolute Gasteiger partial charge is 0.307 e. The van der Waals surface area contributed by atoms with E-state index in [0.29, 0.717) is 12.8 Å². The van der Waals surface area contributed by atoms with Crippen LogP contribution in [0.25, 0.3) is 0 Å². The number of carboxylic acid groups (broad SMARTS) is 1. The van der Waals surface area contributed by atoms with Gasteiger partial charge in [-0.2, -0.15) is 0 Å². The molecule has 0 aromatic heterocycles. The van der Waals surface area contributed by atoms with Gasteiger partial charge in [-0.1, -0.05) is 26.0 Å². The van der Waals surface area contributed by atoms with Crippen molar-refractivity contribution in [3.8, 4) is 0 Å². The van der Waals surface area contributed by atoms with Gasteiger partial charge < -0.3 is 10.0 Å². The van der Waals surface area contributed by atoms with Crippen molar-refractivity contribution in [2.45, 2.75) is 33.1 Å². The normalized spacial score (nSPS) is 30.4. The SMILES string of the molecule is CC1(C)CCN(C(=O)[C@@H]2CC=CC[C@@H]2C(=O)O)C1. The van der Waals surface area contributed by atoms with E-state index in [9.17, 15) is 14.7 Å². The van der Waals surface area contributed by atoms with Gasteiger partial charge in [-0.25, -0.2) is 0 Å². The maximum Gasteiger partial charge on any atom is 0.307 e. The Hall–Kier alpha value is -1.32. The average molecular weight is 251 g/mol. The lowest BCUT2D eigenvalue weighted by Crippen LogP contribution is -2.41. The summed E-state index contributed by atoms with van der Waals surface area (Å²) in [5.74, 6) is -1.75. The zero-order valence-electron chi connectivity index (χ0n) is 11.1. The lowest BCUT2D eigenvalue weighted by Gasteiger charge is -2.29. The second-order valence-electron chi connectivity index (χ2n) is 6.17. The van der Waals surface area contributed by atoms with Crippen LogP contribution in [-0.2, 0) is 9.59 Å². The number of hydrogen-bond acceptors (Lipinski definition) is 2. The molecule has 2 rings (SSSR count). The number of aliphatic carboxylic acids is 1. The number of carbonyl (C=O) groups excluding carboxylic acids is 1. The van der Waals surface area contributed by atoms with Crippen LogP contribution in [-0.4, -0.2) is 35.0 Å². The molecule has 0 aromatic carbocycles. The van der Waals surface area contributed by atoms with Crippen LogP contribution in [0.5, 0.6) is 0 Å². The molecule has 1 fully saturated rings. The second kappa shape index (κ2) is 4.75. The highest BCUT2D eigenvalue weighted by molar-refractivity contribution is 5.85. The average Bonchev–Trinajstić information content (AvgIpc) is 2.68. The van der Waals surface area contributed by atoms with Crippen molar-refractivity contribution in [3.63, 3.8) is 0 Å². The number of carbonyl (C=O) groups is 2. The van der Waals surface area contributed by atoms with E-state index in [1.165, 1.54) is 0 Å². The summed E-state index contributed by atoms with van der Waals surface area (Å²) in [5, 5.41) is 9.20. The molecule has 0 unspecified atom stereocenters. The van der Waals surface area contributed by atoms with Gasteiger partial charge in [0.1, 0.15) is 0 Å². The van der Waals surface area contributed by atoms with E-state index < -0.39 is 11.9 Å². The third-order valence-electron chi connectivity index (χ3n) is 4.06. The Morgan fingerprint density at radius 2 is 1.83 bits per heavy atom. The predicted molar refractivity (Wildman–Crippen MR) is 68.0 cm³/mol. The first kappa shape index (κ1) is 13.1. The van der Waals surface area contributed by atoms with Gasteiger partial charge in [0.05, 0.1) is 11.8 Å². The van der Waals surface area contributed by atoms with Crippen LogP contribution in [0.4, 0.5) is 0 Å². The highest BCUT2D eigenvalue weighted by Crippen LogP contribution is 2.33. The molecule has 1 N–H and O–H groups in total. The first-order chi connectivity index (χ1) is 8.41. The predicted octanol–water partition coefficient (Wildman–Crippen LogP) is 1.91. The molecule has 0 spiro atoms. The minimum Gasteiger partial charge on any atom is -0.481 e. The van der Waals surface area contributed by atoms with Crippen LogP contribution in [0.1, 0.15) is 33.1 Å². The highest BCUT2D eigenvalue weighted by Gasteiger charge is 2.40. The molecule has 18 heavy (non-hydrogen) atoms. The quantitative estimate of drug-likeness (QED) is 0.763. The van der Waals surface area contributed by atoms with Crippen molar-refractivity contribution in [2.24, 2.45) is 17.3 Å². The van der Waals surface area contributed by atoms with Gasteiger partial charge in [0, 0.05) is 13.1 Å². The Kier molecular flexibility index (Phi) is 3.46. The largest absolute Gasteiger partial charge is 0.481 e. The second-order valence-corrected chi connectivity index (χ2v) is 6.17. The Balaban J connectivity index is 2.08. The maximum atomic E-state index is 12.4. The van der Waals surface area contributed by atoms with Crippen molar-refractivity contribution in [1.82, 2.24) is 4.90 Å². The van der Waals surface area contributed by atoms with Gasteiger partial charge in [0.25, 0.3) is 0 Å². The summed E-state index contributed by atoms with van der Waals surface area (Å²) >= 11 is 0. The maximum absolute atomic E-state index is 12.4. The fourth-order valence-corrected chi connectivity index (χ4v) is 2.90. The number of hydrogen-bond donors (Lipinski definition) is 1. The molecule has 1 aliphatic heterocycles. The van der Waals surface area contributed by atoms with Crippen LogP contribution < -0.4 is 0 Å². The monoisotopic (exact) mass is 251 g/mol. The molecular formula is C14H21NO3. The molecule has 0 saturated carbocycles. The lowest BCUT2D eigenvalue weighted by atomic mass is 9.82. The molecule has 100 valence electrons. The van der Waals surface area contributed by atoms with Gasteiger partial charge in [-0.05, 0) is 24.7 Å². The summed E-state index contributed by atoms with van der Waals surface area (Å²) in [7, 11) is 0. The number of carboxylic acids is 1. The van der Waals surface area contributed by atoms with Crippen LogP contribution in [0.15, 0.2) is 12.2 Å². The third kappa shape index (κ3) is 2.57. The number of likely N-dealkylation sites (tertiary alicyclic amines) is 1. The molecule has 0 aromatic rings. The Morgan fingerprint density at radius 3 is 2.33 bits per heavy atom. The summed E-state index contributed by atoms with van der Waals surface area (Å²) < 4.78 is 0. The number of amides is 1. The van der Waals surface area contributed by atoms with E-state index in [2.05, 4.69) is 13.8 Å². The molecule has 2 aliphatic rings. The lowest BCUT2D eigenvalue weighted by molar-refractivity contribution is -0.150. The number of rotatable bonds is 2. The van der Waals surface area contributed by atoms with Crippen LogP contribution in [0.3, 0.4) is 0 Å². The molecule has 4 heteroatoms. The van der Waals surface area contributed by atoms with E-state index in [4.69, 9.17) is 0 Å². The summed E-state index contributed by atoms with van der Waals surface area (Å²) in [6.07, 6.45) is 5.84. The van der Waals surface area contributed by atoms with Gasteiger partial charge in [0.2, 0.25) is 5.91 Å². The summed E-state index contributed by atoms with van der Waals surface area (Å²) in [6, 6.07) is 0. The fraction of sp³-hybridized carbons (Fsp3) is 0.714. The molecule has 4 nitrogen and oxygen atoms in total. The summed E-state index contributed by atoms with van der Waals surface area (Å²) in [5.41, 5.74) is 0.166. The van der Waals surface area contributed by atoms with Crippen molar-refractivity contribution < 1.29 is 14.7 Å². The van der Waals surface area contributed by atoms with E-state index in [1.54, 1.807) is 0 Å². The zero-order chi connectivity index (χ0) is 13.3. The Morgan fingerprint density at radius 1 is 1.22 bits per heavy atom. The van der Waals surface area contributed by atoms with Gasteiger partial charge in [-0.3, -0.25) is 9.59 Å². The van der Waals surface area contributed by atoms with Crippen molar-refractivity contribution >= 4 is 11.9 Å². The Bertz CT molecular complexity index is 387. The molecule has 1 aliphatic carbocycles. The van der Waals surface area contributed by atoms with Gasteiger partial charge >= 0.3 is 5.97 Å². The standard InChI is InChI=1S/C14H21NO3/c1-14(2)7-8-15(9-14)12(16)10-5-3-4-6-11(10)13(17)18/h3-4,10-11H,5-9H2,1-2H3,(H,17,18)/t10-,11+/m1/s1. The van der Waals surface area contributed by atoms with Gasteiger partial charge in [0.15, 0.2) is 0 Å². The molecule has 1 amide bonds. The van der Waals surface area contributed by atoms with E-state index >= 15 is 0 Å². The Labute approximate surface area is 108 Å². The number of nitrogens with zero attached hydrogens (tertiary/aromatic N) is 1. The molecule has 1 heterocycles. The summed E-state index contributed by atoms with van der Waals surface area (Å²) in [4.78, 5) is 25.5. The minimum atomic E-state index is -0.851. The van der Waals surface area contributed by atoms with E-state index in [1.807, 2.05) is 17.1 Å². The van der Waals surface area contributed by atoms with E-state index in [-0.39, 0.29) is 17.2 Å². The van der Waals surface area contributed by atoms with Crippen molar-refractivity contribution in [1.29, 1.82) is 0 Å². The molecule has 0 bridgehead atoms. The first-order valence-corrected chi connectivity index (χ1v) is 6.57.